The molecule has 0 saturated heterocycles. The number of hydrogen-bond donors (Lipinski definition) is 4. The van der Waals surface area contributed by atoms with Crippen molar-refractivity contribution < 1.29 is 9.47 Å². The molecule has 0 amide bonds. The van der Waals surface area contributed by atoms with Crippen molar-refractivity contribution in [1.29, 1.82) is 0 Å². The van der Waals surface area contributed by atoms with E-state index in [0.29, 0.717) is 34.8 Å². The second-order valence-corrected chi connectivity index (χ2v) is 5.85. The topological polar surface area (TPSA) is 120 Å². The van der Waals surface area contributed by atoms with Gasteiger partial charge in [0, 0.05) is 25.2 Å². The van der Waals surface area contributed by atoms with E-state index in [-0.39, 0.29) is 0 Å². The molecule has 0 atom stereocenters. The van der Waals surface area contributed by atoms with Crippen molar-refractivity contribution in [3.63, 3.8) is 0 Å². The largest absolute Gasteiger partial charge is 0.481 e. The van der Waals surface area contributed by atoms with Crippen LogP contribution in [0.3, 0.4) is 0 Å². The molecule has 8 nitrogen and oxygen atoms in total. The van der Waals surface area contributed by atoms with Crippen LogP contribution in [0.15, 0.2) is 24.3 Å². The maximum absolute atomic E-state index is 5.90. The number of anilines is 4. The Labute approximate surface area is 154 Å². The van der Waals surface area contributed by atoms with Crippen LogP contribution in [0.5, 0.6) is 11.8 Å². The zero-order valence-corrected chi connectivity index (χ0v) is 15.4. The summed E-state index contributed by atoms with van der Waals surface area (Å²) in [7, 11) is 3.18. The van der Waals surface area contributed by atoms with Gasteiger partial charge in [0.05, 0.1) is 25.6 Å². The van der Waals surface area contributed by atoms with E-state index in [2.05, 4.69) is 20.6 Å². The number of unbranched alkanes of at least 4 members (excludes halogenated alkanes) is 3. The number of nitrogens with one attached hydrogen (secondary N) is 2. The molecule has 2 rings (SSSR count). The molecule has 0 aliphatic rings. The highest BCUT2D eigenvalue weighted by Gasteiger charge is 2.04. The third kappa shape index (κ3) is 5.87. The molecule has 0 spiro atoms. The molecule has 0 aliphatic heterocycles. The summed E-state index contributed by atoms with van der Waals surface area (Å²) < 4.78 is 10.2. The third-order valence-corrected chi connectivity index (χ3v) is 3.91. The molecule has 142 valence electrons. The van der Waals surface area contributed by atoms with E-state index >= 15 is 0 Å². The van der Waals surface area contributed by atoms with Gasteiger partial charge in [-0.3, -0.25) is 0 Å². The SMILES string of the molecule is COc1ccc(N)c(NCCCCCCNc2nc(OC)ccc2N)n1. The van der Waals surface area contributed by atoms with E-state index in [4.69, 9.17) is 20.9 Å². The molecule has 0 aliphatic carbocycles. The highest BCUT2D eigenvalue weighted by molar-refractivity contribution is 5.62. The van der Waals surface area contributed by atoms with E-state index in [9.17, 15) is 0 Å². The van der Waals surface area contributed by atoms with E-state index in [1.807, 2.05) is 0 Å². The first-order valence-electron chi connectivity index (χ1n) is 8.72. The molecular weight excluding hydrogens is 332 g/mol. The molecule has 0 fully saturated rings. The number of nitrogens with zero attached hydrogens (tertiary/aromatic N) is 2. The number of rotatable bonds is 11. The summed E-state index contributed by atoms with van der Waals surface area (Å²) in [6.45, 7) is 1.64. The number of nitrogen functional groups attached to an aromatic ring is 2. The molecule has 0 saturated carbocycles. The Bertz CT molecular complexity index is 636. The normalized spacial score (nSPS) is 10.4. The summed E-state index contributed by atoms with van der Waals surface area (Å²) in [4.78, 5) is 8.59. The quantitative estimate of drug-likeness (QED) is 0.451. The minimum absolute atomic E-state index is 0.554. The van der Waals surface area contributed by atoms with Gasteiger partial charge in [0.25, 0.3) is 0 Å². The number of hydrogen-bond acceptors (Lipinski definition) is 8. The maximum atomic E-state index is 5.90. The van der Waals surface area contributed by atoms with E-state index in [0.717, 1.165) is 38.8 Å². The molecular formula is C18H28N6O2. The lowest BCUT2D eigenvalue weighted by molar-refractivity contribution is 0.398. The molecule has 8 heteroatoms. The number of pyridine rings is 2. The Balaban J connectivity index is 1.60. The first-order valence-corrected chi connectivity index (χ1v) is 8.72. The fourth-order valence-corrected chi connectivity index (χ4v) is 2.43. The summed E-state index contributed by atoms with van der Waals surface area (Å²) >= 11 is 0. The maximum Gasteiger partial charge on any atom is 0.215 e. The lowest BCUT2D eigenvalue weighted by Crippen LogP contribution is -2.08. The van der Waals surface area contributed by atoms with Gasteiger partial charge in [-0.05, 0) is 25.0 Å². The second kappa shape index (κ2) is 10.2. The smallest absolute Gasteiger partial charge is 0.215 e. The van der Waals surface area contributed by atoms with Gasteiger partial charge in [0.15, 0.2) is 11.6 Å². The predicted octanol–water partition coefficient (Wildman–Crippen LogP) is 2.74. The molecule has 0 bridgehead atoms. The first kappa shape index (κ1) is 19.4. The number of ether oxygens (including phenoxy) is 2. The number of methoxy groups -OCH3 is 2. The highest BCUT2D eigenvalue weighted by atomic mass is 16.5. The van der Waals surface area contributed by atoms with Crippen molar-refractivity contribution >= 4 is 23.0 Å². The zero-order chi connectivity index (χ0) is 18.8. The van der Waals surface area contributed by atoms with Crippen LogP contribution in [-0.2, 0) is 0 Å². The van der Waals surface area contributed by atoms with Crippen LogP contribution >= 0.6 is 0 Å². The number of aromatic nitrogens is 2. The predicted molar refractivity (Wildman–Crippen MR) is 106 cm³/mol. The summed E-state index contributed by atoms with van der Waals surface area (Å²) in [5.41, 5.74) is 13.0. The Morgan fingerprint density at radius 3 is 1.54 bits per heavy atom. The fourth-order valence-electron chi connectivity index (χ4n) is 2.43. The molecule has 26 heavy (non-hydrogen) atoms. The van der Waals surface area contributed by atoms with Crippen molar-refractivity contribution in [3.8, 4) is 11.8 Å². The average Bonchev–Trinajstić information content (AvgIpc) is 2.66. The summed E-state index contributed by atoms with van der Waals surface area (Å²) in [6.07, 6.45) is 4.30. The molecule has 6 N–H and O–H groups in total. The van der Waals surface area contributed by atoms with Gasteiger partial charge in [-0.2, -0.15) is 9.97 Å². The van der Waals surface area contributed by atoms with Gasteiger partial charge in [-0.1, -0.05) is 12.8 Å². The summed E-state index contributed by atoms with van der Waals surface area (Å²) in [5.74, 6) is 2.45. The van der Waals surface area contributed by atoms with Gasteiger partial charge < -0.3 is 31.6 Å². The van der Waals surface area contributed by atoms with Crippen LogP contribution < -0.4 is 31.6 Å². The van der Waals surface area contributed by atoms with Crippen LogP contribution in [0.25, 0.3) is 0 Å². The number of nitrogens with two attached hydrogens (primary N) is 2. The summed E-state index contributed by atoms with van der Waals surface area (Å²) in [5, 5.41) is 6.50. The average molecular weight is 360 g/mol. The van der Waals surface area contributed by atoms with E-state index < -0.39 is 0 Å². The molecule has 2 aromatic heterocycles. The minimum atomic E-state index is 0.554. The van der Waals surface area contributed by atoms with E-state index in [1.54, 1.807) is 38.5 Å². The Hall–Kier alpha value is -2.90. The molecule has 2 heterocycles. The van der Waals surface area contributed by atoms with Crippen molar-refractivity contribution in [2.45, 2.75) is 25.7 Å². The minimum Gasteiger partial charge on any atom is -0.481 e. The standard InChI is InChI=1S/C18H28N6O2/c1-25-15-9-7-13(19)17(23-15)21-11-5-3-4-6-12-22-18-14(20)8-10-16(24-18)26-2/h7-10H,3-6,11-12,19-20H2,1-2H3,(H,21,23)(H,22,24). The van der Waals surface area contributed by atoms with Crippen LogP contribution in [0.2, 0.25) is 0 Å². The lowest BCUT2D eigenvalue weighted by Gasteiger charge is -2.10. The van der Waals surface area contributed by atoms with Crippen LogP contribution in [0.1, 0.15) is 25.7 Å². The van der Waals surface area contributed by atoms with Gasteiger partial charge >= 0.3 is 0 Å². The third-order valence-electron chi connectivity index (χ3n) is 3.91. The molecule has 0 unspecified atom stereocenters. The van der Waals surface area contributed by atoms with Crippen LogP contribution in [0.4, 0.5) is 23.0 Å². The fraction of sp³-hybridized carbons (Fsp3) is 0.444. The first-order chi connectivity index (χ1) is 12.6. The van der Waals surface area contributed by atoms with Crippen LogP contribution in [0, 0.1) is 0 Å². The van der Waals surface area contributed by atoms with Crippen molar-refractivity contribution in [3.05, 3.63) is 24.3 Å². The van der Waals surface area contributed by atoms with Crippen LogP contribution in [-0.4, -0.2) is 37.3 Å². The monoisotopic (exact) mass is 360 g/mol. The second-order valence-electron chi connectivity index (χ2n) is 5.85. The van der Waals surface area contributed by atoms with Crippen molar-refractivity contribution in [2.75, 3.05) is 49.4 Å². The Morgan fingerprint density at radius 1 is 0.731 bits per heavy atom. The van der Waals surface area contributed by atoms with Gasteiger partial charge in [-0.25, -0.2) is 0 Å². The van der Waals surface area contributed by atoms with Gasteiger partial charge in [-0.15, -0.1) is 0 Å². The van der Waals surface area contributed by atoms with E-state index in [1.165, 1.54) is 0 Å². The molecule has 0 radical (unpaired) electrons. The van der Waals surface area contributed by atoms with Gasteiger partial charge in [0.2, 0.25) is 11.8 Å². The summed E-state index contributed by atoms with van der Waals surface area (Å²) in [6, 6.07) is 7.07. The van der Waals surface area contributed by atoms with Gasteiger partial charge in [0.1, 0.15) is 0 Å². The van der Waals surface area contributed by atoms with Crippen molar-refractivity contribution in [1.82, 2.24) is 9.97 Å². The molecule has 0 aromatic carbocycles. The Kier molecular flexibility index (Phi) is 7.60. The lowest BCUT2D eigenvalue weighted by atomic mass is 10.2. The highest BCUT2D eigenvalue weighted by Crippen LogP contribution is 2.20. The Morgan fingerprint density at radius 2 is 1.15 bits per heavy atom. The zero-order valence-electron chi connectivity index (χ0n) is 15.4. The molecule has 2 aromatic rings. The van der Waals surface area contributed by atoms with Crippen molar-refractivity contribution in [2.24, 2.45) is 0 Å².